The lowest BCUT2D eigenvalue weighted by Crippen LogP contribution is -2.16. The number of benzene rings is 4. The monoisotopic (exact) mass is 449 g/mol. The van der Waals surface area contributed by atoms with Crippen LogP contribution in [0.25, 0.3) is 10.8 Å². The first-order valence-electron chi connectivity index (χ1n) is 9.91. The first-order valence-corrected chi connectivity index (χ1v) is 10.7. The zero-order chi connectivity index (χ0) is 21.8. The molecule has 0 heterocycles. The maximum atomic E-state index is 13.2. The van der Waals surface area contributed by atoms with E-state index in [9.17, 15) is 4.79 Å². The van der Waals surface area contributed by atoms with Crippen molar-refractivity contribution in [3.63, 3.8) is 0 Å². The van der Waals surface area contributed by atoms with Gasteiger partial charge in [-0.15, -0.1) is 0 Å². The Labute approximate surface area is 191 Å². The van der Waals surface area contributed by atoms with Crippen LogP contribution in [0.1, 0.15) is 28.4 Å². The Morgan fingerprint density at radius 1 is 0.871 bits per heavy atom. The molecule has 4 aromatic rings. The van der Waals surface area contributed by atoms with Crippen LogP contribution in [0.2, 0.25) is 10.0 Å². The van der Waals surface area contributed by atoms with E-state index in [0.29, 0.717) is 15.6 Å². The molecule has 31 heavy (non-hydrogen) atoms. The number of ether oxygens (including phenoxy) is 1. The highest BCUT2D eigenvalue weighted by Gasteiger charge is 2.19. The summed E-state index contributed by atoms with van der Waals surface area (Å²) in [7, 11) is 1.63. The van der Waals surface area contributed by atoms with Gasteiger partial charge in [0.25, 0.3) is 0 Å². The van der Waals surface area contributed by atoms with E-state index in [0.717, 1.165) is 27.8 Å². The molecule has 1 atom stereocenters. The van der Waals surface area contributed by atoms with Gasteiger partial charge >= 0.3 is 0 Å². The second-order valence-corrected chi connectivity index (χ2v) is 8.10. The number of ketones is 1. The average Bonchev–Trinajstić information content (AvgIpc) is 2.80. The van der Waals surface area contributed by atoms with Crippen LogP contribution in [0.4, 0.5) is 5.69 Å². The molecule has 0 radical (unpaired) electrons. The molecule has 4 aromatic carbocycles. The van der Waals surface area contributed by atoms with Crippen LogP contribution in [-0.2, 0) is 0 Å². The largest absolute Gasteiger partial charge is 0.497 e. The lowest BCUT2D eigenvalue weighted by molar-refractivity contribution is 0.0976. The van der Waals surface area contributed by atoms with E-state index in [1.165, 1.54) is 0 Å². The molecule has 0 aromatic heterocycles. The van der Waals surface area contributed by atoms with E-state index >= 15 is 0 Å². The zero-order valence-electron chi connectivity index (χ0n) is 16.9. The molecule has 0 aliphatic rings. The van der Waals surface area contributed by atoms with Crippen molar-refractivity contribution < 1.29 is 9.53 Å². The van der Waals surface area contributed by atoms with Crippen LogP contribution in [0.15, 0.2) is 84.9 Å². The maximum absolute atomic E-state index is 13.2. The van der Waals surface area contributed by atoms with Gasteiger partial charge in [-0.2, -0.15) is 0 Å². The molecule has 0 amide bonds. The van der Waals surface area contributed by atoms with Gasteiger partial charge in [-0.05, 0) is 58.8 Å². The number of fused-ring (bicyclic) bond motifs is 1. The van der Waals surface area contributed by atoms with Gasteiger partial charge < -0.3 is 10.1 Å². The fourth-order valence-electron chi connectivity index (χ4n) is 3.54. The molecule has 0 aliphatic carbocycles. The van der Waals surface area contributed by atoms with Crippen LogP contribution in [0, 0.1) is 0 Å². The van der Waals surface area contributed by atoms with E-state index in [4.69, 9.17) is 27.9 Å². The highest BCUT2D eigenvalue weighted by atomic mass is 35.5. The van der Waals surface area contributed by atoms with Gasteiger partial charge in [0.2, 0.25) is 0 Å². The molecule has 1 N–H and O–H groups in total. The second-order valence-electron chi connectivity index (χ2n) is 7.29. The Morgan fingerprint density at radius 2 is 1.61 bits per heavy atom. The van der Waals surface area contributed by atoms with Crippen molar-refractivity contribution >= 4 is 45.4 Å². The Kier molecular flexibility index (Phi) is 6.45. The minimum absolute atomic E-state index is 0.0443. The topological polar surface area (TPSA) is 38.3 Å². The van der Waals surface area contributed by atoms with Crippen molar-refractivity contribution in [3.05, 3.63) is 106 Å². The third-order valence-electron chi connectivity index (χ3n) is 5.24. The number of rotatable bonds is 7. The molecule has 0 spiro atoms. The van der Waals surface area contributed by atoms with Gasteiger partial charge in [0.1, 0.15) is 5.75 Å². The highest BCUT2D eigenvalue weighted by Crippen LogP contribution is 2.31. The molecular formula is C26H21Cl2NO2. The second kappa shape index (κ2) is 9.42. The zero-order valence-corrected chi connectivity index (χ0v) is 18.5. The number of hydrogen-bond acceptors (Lipinski definition) is 3. The number of Topliss-reactive ketones (excluding diaryl/α,β-unsaturated/α-hetero) is 1. The van der Waals surface area contributed by atoms with Crippen LogP contribution in [0.5, 0.6) is 5.75 Å². The van der Waals surface area contributed by atoms with E-state index in [-0.39, 0.29) is 18.2 Å². The van der Waals surface area contributed by atoms with Crippen LogP contribution in [0.3, 0.4) is 0 Å². The normalized spacial score (nSPS) is 11.8. The number of carbonyl (C=O) groups excluding carboxylic acids is 1. The fraction of sp³-hybridized carbons (Fsp3) is 0.115. The van der Waals surface area contributed by atoms with Gasteiger partial charge in [0.15, 0.2) is 5.78 Å². The molecule has 0 aliphatic heterocycles. The lowest BCUT2D eigenvalue weighted by atomic mass is 9.96. The summed E-state index contributed by atoms with van der Waals surface area (Å²) in [5.74, 6) is 0.812. The molecule has 0 saturated carbocycles. The number of anilines is 1. The number of halogens is 2. The summed E-state index contributed by atoms with van der Waals surface area (Å²) in [6.45, 7) is 0. The van der Waals surface area contributed by atoms with E-state index in [2.05, 4.69) is 5.32 Å². The quantitative estimate of drug-likeness (QED) is 0.295. The Hall–Kier alpha value is -3.01. The summed E-state index contributed by atoms with van der Waals surface area (Å²) in [5, 5.41) is 6.54. The van der Waals surface area contributed by atoms with Gasteiger partial charge in [-0.3, -0.25) is 4.79 Å². The van der Waals surface area contributed by atoms with Crippen LogP contribution in [-0.4, -0.2) is 12.9 Å². The summed E-state index contributed by atoms with van der Waals surface area (Å²) in [5.41, 5.74) is 2.45. The smallest absolute Gasteiger partial charge is 0.165 e. The molecule has 4 rings (SSSR count). The Bertz CT molecular complexity index is 1220. The van der Waals surface area contributed by atoms with Crippen molar-refractivity contribution in [3.8, 4) is 5.75 Å². The predicted molar refractivity (Wildman–Crippen MR) is 129 cm³/mol. The number of carbonyl (C=O) groups is 1. The number of nitrogens with one attached hydrogen (secondary N) is 1. The molecule has 0 fully saturated rings. The molecule has 0 bridgehead atoms. The minimum Gasteiger partial charge on any atom is -0.497 e. The van der Waals surface area contributed by atoms with Crippen molar-refractivity contribution in [1.29, 1.82) is 0 Å². The first kappa shape index (κ1) is 21.2. The molecule has 3 nitrogen and oxygen atoms in total. The van der Waals surface area contributed by atoms with Crippen molar-refractivity contribution in [2.24, 2.45) is 0 Å². The molecular weight excluding hydrogens is 429 g/mol. The van der Waals surface area contributed by atoms with Gasteiger partial charge in [0, 0.05) is 17.7 Å². The number of methoxy groups -OCH3 is 1. The molecule has 156 valence electrons. The average molecular weight is 450 g/mol. The molecule has 5 heteroatoms. The summed E-state index contributed by atoms with van der Waals surface area (Å²) >= 11 is 12.4. The SMILES string of the molecule is COc1ccc(NC(CC(=O)c2ccc3ccccc3c2)c2ccc(Cl)c(Cl)c2)cc1. The van der Waals surface area contributed by atoms with E-state index < -0.39 is 0 Å². The Balaban J connectivity index is 1.63. The van der Waals surface area contributed by atoms with Gasteiger partial charge in [0.05, 0.1) is 23.2 Å². The standard InChI is InChI=1S/C26H21Cl2NO2/c1-31-22-11-9-21(10-12-22)29-25(19-8-13-23(27)24(28)15-19)16-26(30)20-7-6-17-4-2-3-5-18(17)14-20/h2-15,25,29H,16H2,1H3. The molecule has 0 saturated heterocycles. The van der Waals surface area contributed by atoms with E-state index in [1.807, 2.05) is 72.8 Å². The lowest BCUT2D eigenvalue weighted by Gasteiger charge is -2.21. The summed E-state index contributed by atoms with van der Waals surface area (Å²) in [4.78, 5) is 13.2. The number of hydrogen-bond donors (Lipinski definition) is 1. The summed E-state index contributed by atoms with van der Waals surface area (Å²) in [6, 6.07) is 26.6. The third kappa shape index (κ3) is 5.01. The van der Waals surface area contributed by atoms with Crippen molar-refractivity contribution in [2.75, 3.05) is 12.4 Å². The van der Waals surface area contributed by atoms with Gasteiger partial charge in [-0.25, -0.2) is 0 Å². The van der Waals surface area contributed by atoms with Crippen molar-refractivity contribution in [1.82, 2.24) is 0 Å². The molecule has 1 unspecified atom stereocenters. The summed E-state index contributed by atoms with van der Waals surface area (Å²) in [6.07, 6.45) is 0.266. The van der Waals surface area contributed by atoms with Crippen molar-refractivity contribution in [2.45, 2.75) is 12.5 Å². The first-order chi connectivity index (χ1) is 15.0. The third-order valence-corrected chi connectivity index (χ3v) is 5.98. The van der Waals surface area contributed by atoms with E-state index in [1.54, 1.807) is 19.2 Å². The predicted octanol–water partition coefficient (Wildman–Crippen LogP) is 7.58. The van der Waals surface area contributed by atoms with Gasteiger partial charge in [-0.1, -0.05) is 65.7 Å². The fourth-order valence-corrected chi connectivity index (χ4v) is 3.84. The minimum atomic E-state index is -0.276. The highest BCUT2D eigenvalue weighted by molar-refractivity contribution is 6.42. The van der Waals surface area contributed by atoms with Crippen LogP contribution < -0.4 is 10.1 Å². The maximum Gasteiger partial charge on any atom is 0.165 e. The van der Waals surface area contributed by atoms with Crippen LogP contribution >= 0.6 is 23.2 Å². The Morgan fingerprint density at radius 3 is 2.32 bits per heavy atom. The summed E-state index contributed by atoms with van der Waals surface area (Å²) < 4.78 is 5.23.